The van der Waals surface area contributed by atoms with E-state index in [2.05, 4.69) is 29.7 Å². The molecule has 0 amide bonds. The number of carbonyl (C=O) groups excluding carboxylic acids is 3. The highest BCUT2D eigenvalue weighted by molar-refractivity contribution is 5.94. The van der Waals surface area contributed by atoms with Crippen molar-refractivity contribution in [2.45, 2.75) is 186 Å². The molecule has 0 spiro atoms. The van der Waals surface area contributed by atoms with Crippen molar-refractivity contribution in [1.29, 1.82) is 0 Å². The molecule has 2 aromatic carbocycles. The third kappa shape index (κ3) is 15.1. The minimum atomic E-state index is -0.807. The second-order valence-corrected chi connectivity index (χ2v) is 15.9. The van der Waals surface area contributed by atoms with Crippen molar-refractivity contribution in [1.82, 2.24) is 10.6 Å². The van der Waals surface area contributed by atoms with E-state index >= 15 is 0 Å². The lowest BCUT2D eigenvalue weighted by molar-refractivity contribution is -0.147. The highest BCUT2D eigenvalue weighted by atomic mass is 16.7. The topological polar surface area (TPSA) is 103 Å². The van der Waals surface area contributed by atoms with Crippen molar-refractivity contribution in [3.05, 3.63) is 71.8 Å². The summed E-state index contributed by atoms with van der Waals surface area (Å²) in [5, 5.41) is 6.77. The van der Waals surface area contributed by atoms with Gasteiger partial charge in [-0.2, -0.15) is 0 Å². The summed E-state index contributed by atoms with van der Waals surface area (Å²) in [6.45, 7) is 4.64. The lowest BCUT2D eigenvalue weighted by atomic mass is 9.82. The number of aryl methyl sites for hydroxylation is 1. The summed E-state index contributed by atoms with van der Waals surface area (Å²) < 4.78 is 16.8. The van der Waals surface area contributed by atoms with Gasteiger partial charge in [0, 0.05) is 6.42 Å². The number of Topliss-reactive ketones (excluding diaryl/α,β-unsaturated/α-hetero) is 1. The van der Waals surface area contributed by atoms with Crippen LogP contribution in [-0.2, 0) is 36.8 Å². The first-order chi connectivity index (χ1) is 26.4. The van der Waals surface area contributed by atoms with Crippen molar-refractivity contribution >= 4 is 17.9 Å². The molecule has 8 nitrogen and oxygen atoms in total. The van der Waals surface area contributed by atoms with E-state index in [0.29, 0.717) is 32.3 Å². The first kappa shape index (κ1) is 43.5. The Morgan fingerprint density at radius 3 is 1.91 bits per heavy atom. The van der Waals surface area contributed by atoms with Crippen molar-refractivity contribution in [2.75, 3.05) is 6.61 Å². The Balaban J connectivity index is 1.16. The van der Waals surface area contributed by atoms with Crippen LogP contribution in [0.1, 0.15) is 160 Å². The molecular weight excluding hydrogens is 677 g/mol. The van der Waals surface area contributed by atoms with Crippen LogP contribution in [0.5, 0.6) is 0 Å². The number of unbranched alkanes of at least 4 members (excludes halogenated alkanes) is 15. The van der Waals surface area contributed by atoms with Crippen molar-refractivity contribution in [2.24, 2.45) is 5.92 Å². The summed E-state index contributed by atoms with van der Waals surface area (Å²) in [7, 11) is 0. The maximum Gasteiger partial charge on any atom is 0.510 e. The second kappa shape index (κ2) is 25.0. The summed E-state index contributed by atoms with van der Waals surface area (Å²) in [6.07, 6.45) is 23.7. The molecule has 1 saturated heterocycles. The standard InChI is InChI=1S/C46H70N2O6/c1-3-4-5-6-7-8-9-10-11-12-13-14-15-16-17-24-34-52-44(50)41(32-31-38-26-20-18-21-27-38)47-37(2)43(49)46-33-25-30-40(46)35-42(48-46)54-45(51)53-36-39-28-22-19-23-29-39/h18-23,26-29,37,40-42,47-48H,3-17,24-25,30-36H2,1-2H3/t37-,40-,41?,42-,46-/m0/s1. The van der Waals surface area contributed by atoms with Gasteiger partial charge < -0.3 is 14.2 Å². The molecule has 300 valence electrons. The van der Waals surface area contributed by atoms with Crippen molar-refractivity contribution in [3.8, 4) is 0 Å². The number of ether oxygens (including phenoxy) is 3. The van der Waals surface area contributed by atoms with E-state index in [1.807, 2.05) is 55.5 Å². The molecule has 1 saturated carbocycles. The lowest BCUT2D eigenvalue weighted by Crippen LogP contribution is -2.59. The molecule has 1 heterocycles. The molecular formula is C46H70N2O6. The molecule has 0 aromatic heterocycles. The molecule has 1 aliphatic carbocycles. The first-order valence-corrected chi connectivity index (χ1v) is 21.6. The Hall–Kier alpha value is -3.23. The number of hydrogen-bond donors (Lipinski definition) is 2. The van der Waals surface area contributed by atoms with Gasteiger partial charge in [0.1, 0.15) is 12.6 Å². The van der Waals surface area contributed by atoms with Crippen LogP contribution < -0.4 is 10.6 Å². The third-order valence-electron chi connectivity index (χ3n) is 11.6. The molecule has 54 heavy (non-hydrogen) atoms. The van der Waals surface area contributed by atoms with E-state index in [4.69, 9.17) is 14.2 Å². The first-order valence-electron chi connectivity index (χ1n) is 21.6. The SMILES string of the molecule is CCCCCCCCCCCCCCCCCCOC(=O)C(CCc1ccccc1)N[C@@H](C)C(=O)[C@]12CCC[C@H]1C[C@H](OC(=O)OCc1ccccc1)N2. The van der Waals surface area contributed by atoms with Gasteiger partial charge >= 0.3 is 12.1 Å². The molecule has 2 fully saturated rings. The van der Waals surface area contributed by atoms with Gasteiger partial charge in [-0.25, -0.2) is 4.79 Å². The zero-order chi connectivity index (χ0) is 38.3. The van der Waals surface area contributed by atoms with Crippen LogP contribution in [0.25, 0.3) is 0 Å². The fourth-order valence-electron chi connectivity index (χ4n) is 8.44. The Labute approximate surface area is 326 Å². The minimum Gasteiger partial charge on any atom is -0.465 e. The summed E-state index contributed by atoms with van der Waals surface area (Å²) in [5.41, 5.74) is 1.21. The highest BCUT2D eigenvalue weighted by Gasteiger charge is 2.56. The number of hydrogen-bond acceptors (Lipinski definition) is 8. The highest BCUT2D eigenvalue weighted by Crippen LogP contribution is 2.45. The molecule has 2 aliphatic rings. The molecule has 1 aliphatic heterocycles. The van der Waals surface area contributed by atoms with E-state index in [9.17, 15) is 14.4 Å². The molecule has 4 rings (SSSR count). The average Bonchev–Trinajstić information content (AvgIpc) is 3.75. The predicted molar refractivity (Wildman–Crippen MR) is 216 cm³/mol. The monoisotopic (exact) mass is 747 g/mol. The Kier molecular flexibility index (Phi) is 20.2. The normalized spacial score (nSPS) is 20.3. The molecule has 0 bridgehead atoms. The van der Waals surface area contributed by atoms with E-state index in [0.717, 1.165) is 36.8 Å². The summed E-state index contributed by atoms with van der Waals surface area (Å²) in [5.74, 6) is -0.247. The number of esters is 1. The molecule has 2 aromatic rings. The van der Waals surface area contributed by atoms with Crippen LogP contribution in [0.3, 0.4) is 0 Å². The van der Waals surface area contributed by atoms with Gasteiger partial charge in [0.15, 0.2) is 12.0 Å². The number of carbonyl (C=O) groups is 3. The summed E-state index contributed by atoms with van der Waals surface area (Å²) in [6, 6.07) is 18.4. The fraction of sp³-hybridized carbons (Fsp3) is 0.674. The maximum atomic E-state index is 14.2. The van der Waals surface area contributed by atoms with E-state index in [-0.39, 0.29) is 24.3 Å². The lowest BCUT2D eigenvalue weighted by Gasteiger charge is -2.33. The molecule has 0 radical (unpaired) electrons. The molecule has 8 heteroatoms. The maximum absolute atomic E-state index is 14.2. The Bertz CT molecular complexity index is 1340. The van der Waals surface area contributed by atoms with Crippen LogP contribution in [0.2, 0.25) is 0 Å². The largest absolute Gasteiger partial charge is 0.510 e. The van der Waals surface area contributed by atoms with E-state index in [1.165, 1.54) is 89.9 Å². The molecule has 2 N–H and O–H groups in total. The van der Waals surface area contributed by atoms with Gasteiger partial charge in [-0.05, 0) is 56.1 Å². The van der Waals surface area contributed by atoms with Crippen LogP contribution in [-0.4, -0.2) is 48.4 Å². The number of fused-ring (bicyclic) bond motifs is 1. The summed E-state index contributed by atoms with van der Waals surface area (Å²) >= 11 is 0. The van der Waals surface area contributed by atoms with Crippen LogP contribution in [0.4, 0.5) is 4.79 Å². The smallest absolute Gasteiger partial charge is 0.465 e. The quantitative estimate of drug-likeness (QED) is 0.0655. The summed E-state index contributed by atoms with van der Waals surface area (Å²) in [4.78, 5) is 40.2. The van der Waals surface area contributed by atoms with Gasteiger partial charge in [-0.1, -0.05) is 170 Å². The van der Waals surface area contributed by atoms with Crippen molar-refractivity contribution in [3.63, 3.8) is 0 Å². The predicted octanol–water partition coefficient (Wildman–Crippen LogP) is 10.6. The van der Waals surface area contributed by atoms with Gasteiger partial charge in [-0.3, -0.25) is 20.2 Å². The number of benzene rings is 2. The van der Waals surface area contributed by atoms with Crippen molar-refractivity contribution < 1.29 is 28.6 Å². The molecule has 5 atom stereocenters. The Morgan fingerprint density at radius 1 is 0.759 bits per heavy atom. The van der Waals surface area contributed by atoms with Gasteiger partial charge in [0.25, 0.3) is 0 Å². The third-order valence-corrected chi connectivity index (χ3v) is 11.6. The number of ketones is 1. The number of rotatable bonds is 28. The fourth-order valence-corrected chi connectivity index (χ4v) is 8.44. The molecule has 1 unspecified atom stereocenters. The van der Waals surface area contributed by atoms with Crippen LogP contribution in [0, 0.1) is 5.92 Å². The van der Waals surface area contributed by atoms with Gasteiger partial charge in [0.2, 0.25) is 0 Å². The average molecular weight is 747 g/mol. The zero-order valence-corrected chi connectivity index (χ0v) is 33.5. The second-order valence-electron chi connectivity index (χ2n) is 15.9. The van der Waals surface area contributed by atoms with E-state index < -0.39 is 30.0 Å². The van der Waals surface area contributed by atoms with Crippen LogP contribution in [0.15, 0.2) is 60.7 Å². The number of nitrogens with one attached hydrogen (secondary N) is 2. The van der Waals surface area contributed by atoms with E-state index in [1.54, 1.807) is 0 Å². The minimum absolute atomic E-state index is 0.00377. The van der Waals surface area contributed by atoms with Crippen LogP contribution >= 0.6 is 0 Å². The zero-order valence-electron chi connectivity index (χ0n) is 33.5. The van der Waals surface area contributed by atoms with Gasteiger partial charge in [-0.15, -0.1) is 0 Å². The Morgan fingerprint density at radius 2 is 1.31 bits per heavy atom. The van der Waals surface area contributed by atoms with Gasteiger partial charge in [0.05, 0.1) is 18.2 Å².